The van der Waals surface area contributed by atoms with Crippen molar-refractivity contribution in [3.8, 4) is 22.9 Å². The minimum absolute atomic E-state index is 0.276. The highest BCUT2D eigenvalue weighted by molar-refractivity contribution is 5.57. The summed E-state index contributed by atoms with van der Waals surface area (Å²) in [6, 6.07) is 15.1. The molecule has 1 aromatic heterocycles. The highest BCUT2D eigenvalue weighted by atomic mass is 16.5. The first kappa shape index (κ1) is 13.2. The van der Waals surface area contributed by atoms with Gasteiger partial charge in [-0.2, -0.15) is 0 Å². The number of hydrogen-bond acceptors (Lipinski definition) is 3. The van der Waals surface area contributed by atoms with Gasteiger partial charge in [0.15, 0.2) is 0 Å². The second kappa shape index (κ2) is 5.71. The summed E-state index contributed by atoms with van der Waals surface area (Å²) < 4.78 is 7.22. The van der Waals surface area contributed by atoms with Crippen molar-refractivity contribution in [2.45, 2.75) is 6.54 Å². The number of imidazole rings is 1. The number of nitrogens with zero attached hydrogens (tertiary/aromatic N) is 2. The molecule has 0 spiro atoms. The van der Waals surface area contributed by atoms with E-state index in [-0.39, 0.29) is 5.75 Å². The number of ether oxygens (including phenoxy) is 1. The van der Waals surface area contributed by atoms with Crippen LogP contribution in [0.2, 0.25) is 0 Å². The average molecular weight is 280 g/mol. The number of aromatic hydroxyl groups is 1. The molecule has 0 unspecified atom stereocenters. The van der Waals surface area contributed by atoms with E-state index in [4.69, 9.17) is 4.74 Å². The van der Waals surface area contributed by atoms with Gasteiger partial charge in [0.1, 0.15) is 17.3 Å². The van der Waals surface area contributed by atoms with Crippen molar-refractivity contribution in [2.75, 3.05) is 7.11 Å². The van der Waals surface area contributed by atoms with E-state index < -0.39 is 0 Å². The van der Waals surface area contributed by atoms with E-state index in [0.717, 1.165) is 22.7 Å². The Balaban J connectivity index is 1.89. The quantitative estimate of drug-likeness (QED) is 0.797. The van der Waals surface area contributed by atoms with Gasteiger partial charge in [-0.15, -0.1) is 0 Å². The van der Waals surface area contributed by atoms with Crippen LogP contribution in [0.5, 0.6) is 11.5 Å². The Morgan fingerprint density at radius 1 is 1.14 bits per heavy atom. The summed E-state index contributed by atoms with van der Waals surface area (Å²) in [4.78, 5) is 4.42. The monoisotopic (exact) mass is 280 g/mol. The molecule has 106 valence electrons. The van der Waals surface area contributed by atoms with Crippen LogP contribution in [0.15, 0.2) is 60.9 Å². The van der Waals surface area contributed by atoms with Gasteiger partial charge in [-0.25, -0.2) is 4.98 Å². The van der Waals surface area contributed by atoms with Gasteiger partial charge in [0.05, 0.1) is 7.11 Å². The fraction of sp³-hybridized carbons (Fsp3) is 0.118. The minimum Gasteiger partial charge on any atom is -0.508 e. The van der Waals surface area contributed by atoms with Crippen LogP contribution in [0.3, 0.4) is 0 Å². The first-order valence-corrected chi connectivity index (χ1v) is 6.70. The fourth-order valence-electron chi connectivity index (χ4n) is 2.29. The summed E-state index contributed by atoms with van der Waals surface area (Å²) >= 11 is 0. The van der Waals surface area contributed by atoms with Crippen molar-refractivity contribution < 1.29 is 9.84 Å². The lowest BCUT2D eigenvalue weighted by atomic mass is 10.2. The third-order valence-corrected chi connectivity index (χ3v) is 3.33. The van der Waals surface area contributed by atoms with Gasteiger partial charge in [-0.1, -0.05) is 12.1 Å². The SMILES string of the molecule is COc1ccc(-c2nccn2Cc2cccc(O)c2)cc1. The van der Waals surface area contributed by atoms with Crippen LogP contribution in [0.1, 0.15) is 5.56 Å². The minimum atomic E-state index is 0.276. The van der Waals surface area contributed by atoms with E-state index in [1.807, 2.05) is 42.6 Å². The Hall–Kier alpha value is -2.75. The first-order valence-electron chi connectivity index (χ1n) is 6.70. The molecule has 1 N–H and O–H groups in total. The number of rotatable bonds is 4. The maximum Gasteiger partial charge on any atom is 0.140 e. The smallest absolute Gasteiger partial charge is 0.140 e. The number of phenolic OH excluding ortho intramolecular Hbond substituents is 1. The first-order chi connectivity index (χ1) is 10.3. The van der Waals surface area contributed by atoms with Crippen molar-refractivity contribution >= 4 is 0 Å². The van der Waals surface area contributed by atoms with Crippen LogP contribution in [0.4, 0.5) is 0 Å². The normalized spacial score (nSPS) is 10.5. The zero-order valence-corrected chi connectivity index (χ0v) is 11.7. The zero-order chi connectivity index (χ0) is 14.7. The predicted molar refractivity (Wildman–Crippen MR) is 81.4 cm³/mol. The number of methoxy groups -OCH3 is 1. The van der Waals surface area contributed by atoms with E-state index >= 15 is 0 Å². The standard InChI is InChI=1S/C17H16N2O2/c1-21-16-7-5-14(6-8-16)17-18-9-10-19(17)12-13-3-2-4-15(20)11-13/h2-11,20H,12H2,1H3. The highest BCUT2D eigenvalue weighted by Crippen LogP contribution is 2.22. The third kappa shape index (κ3) is 2.89. The van der Waals surface area contributed by atoms with Crippen molar-refractivity contribution in [3.63, 3.8) is 0 Å². The van der Waals surface area contributed by atoms with Crippen LogP contribution in [0.25, 0.3) is 11.4 Å². The molecule has 0 atom stereocenters. The Morgan fingerprint density at radius 3 is 2.67 bits per heavy atom. The van der Waals surface area contributed by atoms with Crippen molar-refractivity contribution in [2.24, 2.45) is 0 Å². The number of benzene rings is 2. The largest absolute Gasteiger partial charge is 0.508 e. The van der Waals surface area contributed by atoms with Gasteiger partial charge in [-0.3, -0.25) is 0 Å². The van der Waals surface area contributed by atoms with Gasteiger partial charge in [0.25, 0.3) is 0 Å². The molecule has 0 saturated heterocycles. The molecule has 0 fully saturated rings. The molecule has 2 aromatic carbocycles. The topological polar surface area (TPSA) is 47.3 Å². The van der Waals surface area contributed by atoms with Crippen LogP contribution < -0.4 is 4.74 Å². The zero-order valence-electron chi connectivity index (χ0n) is 11.7. The Kier molecular flexibility index (Phi) is 3.60. The van der Waals surface area contributed by atoms with Crippen molar-refractivity contribution in [1.82, 2.24) is 9.55 Å². The Labute approximate surface area is 123 Å². The third-order valence-electron chi connectivity index (χ3n) is 3.33. The lowest BCUT2D eigenvalue weighted by Gasteiger charge is -2.09. The summed E-state index contributed by atoms with van der Waals surface area (Å²) in [5, 5.41) is 9.55. The van der Waals surface area contributed by atoms with Crippen LogP contribution in [-0.4, -0.2) is 21.8 Å². The maximum absolute atomic E-state index is 9.55. The molecule has 0 aliphatic carbocycles. The van der Waals surface area contributed by atoms with E-state index in [9.17, 15) is 5.11 Å². The molecule has 3 aromatic rings. The van der Waals surface area contributed by atoms with Crippen LogP contribution >= 0.6 is 0 Å². The molecule has 0 amide bonds. The molecule has 3 rings (SSSR count). The van der Waals surface area contributed by atoms with E-state index in [1.165, 1.54) is 0 Å². The predicted octanol–water partition coefficient (Wildman–Crippen LogP) is 3.31. The van der Waals surface area contributed by atoms with E-state index in [2.05, 4.69) is 9.55 Å². The van der Waals surface area contributed by atoms with Gasteiger partial charge < -0.3 is 14.4 Å². The van der Waals surface area contributed by atoms with Crippen LogP contribution in [-0.2, 0) is 6.54 Å². The molecule has 4 heteroatoms. The molecule has 0 saturated carbocycles. The summed E-state index contributed by atoms with van der Waals surface area (Å²) in [6.07, 6.45) is 3.71. The van der Waals surface area contributed by atoms with E-state index in [1.54, 1.807) is 25.4 Å². The summed E-state index contributed by atoms with van der Waals surface area (Å²) in [5.74, 6) is 1.99. The number of hydrogen-bond donors (Lipinski definition) is 1. The molecule has 0 radical (unpaired) electrons. The van der Waals surface area contributed by atoms with Crippen LogP contribution in [0, 0.1) is 0 Å². The Bertz CT molecular complexity index is 733. The average Bonchev–Trinajstić information content (AvgIpc) is 2.95. The van der Waals surface area contributed by atoms with E-state index in [0.29, 0.717) is 6.54 Å². The van der Waals surface area contributed by atoms with Gasteiger partial charge in [0.2, 0.25) is 0 Å². The highest BCUT2D eigenvalue weighted by Gasteiger charge is 2.07. The lowest BCUT2D eigenvalue weighted by Crippen LogP contribution is -2.01. The fourth-order valence-corrected chi connectivity index (χ4v) is 2.29. The van der Waals surface area contributed by atoms with Gasteiger partial charge in [-0.05, 0) is 42.0 Å². The molecule has 4 nitrogen and oxygen atoms in total. The molecular weight excluding hydrogens is 264 g/mol. The second-order valence-corrected chi connectivity index (χ2v) is 4.78. The molecule has 21 heavy (non-hydrogen) atoms. The molecule has 1 heterocycles. The number of aromatic nitrogens is 2. The summed E-state index contributed by atoms with van der Waals surface area (Å²) in [6.45, 7) is 0.662. The van der Waals surface area contributed by atoms with Gasteiger partial charge >= 0.3 is 0 Å². The second-order valence-electron chi connectivity index (χ2n) is 4.78. The van der Waals surface area contributed by atoms with Gasteiger partial charge in [0, 0.05) is 24.5 Å². The molecule has 0 aliphatic rings. The number of phenols is 1. The molecule has 0 aliphatic heterocycles. The molecule has 0 bridgehead atoms. The summed E-state index contributed by atoms with van der Waals surface area (Å²) in [7, 11) is 1.65. The maximum atomic E-state index is 9.55. The molecular formula is C17H16N2O2. The van der Waals surface area contributed by atoms with Crippen molar-refractivity contribution in [3.05, 3.63) is 66.5 Å². The van der Waals surface area contributed by atoms with Crippen molar-refractivity contribution in [1.29, 1.82) is 0 Å². The summed E-state index contributed by atoms with van der Waals surface area (Å²) in [5.41, 5.74) is 2.06. The Morgan fingerprint density at radius 2 is 1.95 bits per heavy atom. The lowest BCUT2D eigenvalue weighted by molar-refractivity contribution is 0.415.